The van der Waals surface area contributed by atoms with Crippen molar-refractivity contribution in [3.05, 3.63) is 54.1 Å². The Labute approximate surface area is 115 Å². The Hall–Kier alpha value is -2.69. The summed E-state index contributed by atoms with van der Waals surface area (Å²) in [6.07, 6.45) is 1.58. The summed E-state index contributed by atoms with van der Waals surface area (Å²) in [7, 11) is 1.61. The molecule has 0 aliphatic carbocycles. The number of rotatable bonds is 4. The Morgan fingerprint density at radius 3 is 3.00 bits per heavy atom. The molecule has 0 radical (unpaired) electrons. The summed E-state index contributed by atoms with van der Waals surface area (Å²) < 4.78 is 10.4. The fraction of sp³-hybridized carbons (Fsp3) is 0.133. The van der Waals surface area contributed by atoms with Gasteiger partial charge in [-0.05, 0) is 30.3 Å². The quantitative estimate of drug-likeness (QED) is 0.766. The second-order valence-electron chi connectivity index (χ2n) is 4.37. The Balaban J connectivity index is 1.81. The number of carbonyl (C=O) groups excluding carboxylic acids is 1. The van der Waals surface area contributed by atoms with E-state index in [-0.39, 0.29) is 5.91 Å². The maximum Gasteiger partial charge on any atom is 0.268 e. The Kier molecular flexibility index (Phi) is 3.16. The molecule has 0 saturated heterocycles. The number of aromatic nitrogens is 1. The number of hydrogen-bond acceptors (Lipinski definition) is 3. The Morgan fingerprint density at radius 1 is 1.35 bits per heavy atom. The van der Waals surface area contributed by atoms with Gasteiger partial charge in [0.2, 0.25) is 0 Å². The molecule has 0 aliphatic heterocycles. The molecule has 0 saturated carbocycles. The number of amides is 1. The molecule has 2 aromatic heterocycles. The summed E-state index contributed by atoms with van der Waals surface area (Å²) in [6, 6.07) is 11.0. The van der Waals surface area contributed by atoms with E-state index < -0.39 is 0 Å². The van der Waals surface area contributed by atoms with Crippen LogP contribution in [0.5, 0.6) is 5.75 Å². The van der Waals surface area contributed by atoms with Gasteiger partial charge in [0.25, 0.3) is 5.91 Å². The fourth-order valence-electron chi connectivity index (χ4n) is 2.10. The lowest BCUT2D eigenvalue weighted by atomic mass is 10.2. The van der Waals surface area contributed by atoms with Crippen molar-refractivity contribution < 1.29 is 13.9 Å². The average Bonchev–Trinajstić information content (AvgIpc) is 3.12. The third-order valence-corrected chi connectivity index (χ3v) is 3.09. The molecule has 0 fully saturated rings. The highest BCUT2D eigenvalue weighted by Crippen LogP contribution is 2.25. The first-order chi connectivity index (χ1) is 9.78. The van der Waals surface area contributed by atoms with Crippen LogP contribution in [0.15, 0.2) is 47.1 Å². The third kappa shape index (κ3) is 2.25. The van der Waals surface area contributed by atoms with Crippen LogP contribution in [-0.2, 0) is 6.54 Å². The molecule has 2 heterocycles. The highest BCUT2D eigenvalue weighted by Gasteiger charge is 2.12. The van der Waals surface area contributed by atoms with Gasteiger partial charge in [-0.1, -0.05) is 6.07 Å². The van der Waals surface area contributed by atoms with Gasteiger partial charge >= 0.3 is 0 Å². The number of H-pyrrole nitrogens is 1. The highest BCUT2D eigenvalue weighted by molar-refractivity contribution is 5.99. The van der Waals surface area contributed by atoms with Crippen LogP contribution in [-0.4, -0.2) is 18.0 Å². The molecule has 5 nitrogen and oxygen atoms in total. The first-order valence-electron chi connectivity index (χ1n) is 6.24. The van der Waals surface area contributed by atoms with Gasteiger partial charge in [0, 0.05) is 10.9 Å². The van der Waals surface area contributed by atoms with Crippen molar-refractivity contribution in [1.29, 1.82) is 0 Å². The van der Waals surface area contributed by atoms with Gasteiger partial charge < -0.3 is 19.5 Å². The first-order valence-corrected chi connectivity index (χ1v) is 6.24. The topological polar surface area (TPSA) is 67.3 Å². The van der Waals surface area contributed by atoms with Crippen molar-refractivity contribution in [3.63, 3.8) is 0 Å². The second-order valence-corrected chi connectivity index (χ2v) is 4.37. The minimum Gasteiger partial charge on any atom is -0.496 e. The minimum absolute atomic E-state index is 0.181. The molecular weight excluding hydrogens is 256 g/mol. The van der Waals surface area contributed by atoms with Gasteiger partial charge in [-0.15, -0.1) is 0 Å². The molecular formula is C15H14N2O3. The van der Waals surface area contributed by atoms with Crippen molar-refractivity contribution in [2.24, 2.45) is 0 Å². The number of ether oxygens (including phenoxy) is 1. The molecule has 20 heavy (non-hydrogen) atoms. The normalized spacial score (nSPS) is 10.7. The van der Waals surface area contributed by atoms with Crippen LogP contribution in [0.1, 0.15) is 16.2 Å². The zero-order chi connectivity index (χ0) is 13.9. The Morgan fingerprint density at radius 2 is 2.25 bits per heavy atom. The predicted octanol–water partition coefficient (Wildman–Crippen LogP) is 2.70. The summed E-state index contributed by atoms with van der Waals surface area (Å²) in [4.78, 5) is 15.2. The number of carbonyl (C=O) groups is 1. The van der Waals surface area contributed by atoms with Gasteiger partial charge in [-0.3, -0.25) is 4.79 Å². The molecule has 0 unspecified atom stereocenters. The molecule has 3 aromatic rings. The van der Waals surface area contributed by atoms with Crippen molar-refractivity contribution in [2.45, 2.75) is 6.54 Å². The molecule has 1 amide bonds. The van der Waals surface area contributed by atoms with Gasteiger partial charge in [0.1, 0.15) is 17.2 Å². The molecule has 3 rings (SSSR count). The SMILES string of the molecule is COc1cccc2[nH]c(C(=O)NCc3ccco3)cc12. The zero-order valence-corrected chi connectivity index (χ0v) is 11.0. The molecule has 5 heteroatoms. The predicted molar refractivity (Wildman–Crippen MR) is 74.7 cm³/mol. The Bertz CT molecular complexity index is 729. The van der Waals surface area contributed by atoms with E-state index in [0.717, 1.165) is 16.7 Å². The van der Waals surface area contributed by atoms with E-state index in [9.17, 15) is 4.79 Å². The number of benzene rings is 1. The van der Waals surface area contributed by atoms with E-state index in [2.05, 4.69) is 10.3 Å². The molecule has 0 atom stereocenters. The second kappa shape index (κ2) is 5.13. The summed E-state index contributed by atoms with van der Waals surface area (Å²) in [5, 5.41) is 3.68. The minimum atomic E-state index is -0.181. The fourth-order valence-corrected chi connectivity index (χ4v) is 2.10. The molecule has 2 N–H and O–H groups in total. The smallest absolute Gasteiger partial charge is 0.268 e. The third-order valence-electron chi connectivity index (χ3n) is 3.09. The number of fused-ring (bicyclic) bond motifs is 1. The largest absolute Gasteiger partial charge is 0.496 e. The van der Waals surface area contributed by atoms with Crippen LogP contribution in [0.3, 0.4) is 0 Å². The van der Waals surface area contributed by atoms with Crippen LogP contribution in [0.25, 0.3) is 10.9 Å². The highest BCUT2D eigenvalue weighted by atomic mass is 16.5. The van der Waals surface area contributed by atoms with E-state index in [1.807, 2.05) is 24.3 Å². The van der Waals surface area contributed by atoms with Crippen molar-refractivity contribution in [2.75, 3.05) is 7.11 Å². The lowest BCUT2D eigenvalue weighted by Gasteiger charge is -2.00. The summed E-state index contributed by atoms with van der Waals surface area (Å²) in [5.74, 6) is 1.27. The van der Waals surface area contributed by atoms with Gasteiger partial charge in [-0.2, -0.15) is 0 Å². The standard InChI is InChI=1S/C15H14N2O3/c1-19-14-6-2-5-12-11(14)8-13(17-12)15(18)16-9-10-4-3-7-20-10/h2-8,17H,9H2,1H3,(H,16,18). The average molecular weight is 270 g/mol. The maximum absolute atomic E-state index is 12.1. The summed E-state index contributed by atoms with van der Waals surface area (Å²) >= 11 is 0. The molecule has 0 aliphatic rings. The van der Waals surface area contributed by atoms with E-state index >= 15 is 0 Å². The van der Waals surface area contributed by atoms with E-state index in [4.69, 9.17) is 9.15 Å². The van der Waals surface area contributed by atoms with Crippen molar-refractivity contribution in [1.82, 2.24) is 10.3 Å². The van der Waals surface area contributed by atoms with E-state index in [0.29, 0.717) is 18.0 Å². The van der Waals surface area contributed by atoms with Crippen LogP contribution in [0.2, 0.25) is 0 Å². The number of aromatic amines is 1. The van der Waals surface area contributed by atoms with Gasteiger partial charge in [0.15, 0.2) is 0 Å². The zero-order valence-electron chi connectivity index (χ0n) is 11.0. The van der Waals surface area contributed by atoms with Crippen LogP contribution in [0, 0.1) is 0 Å². The van der Waals surface area contributed by atoms with E-state index in [1.54, 1.807) is 25.5 Å². The number of hydrogen-bond donors (Lipinski definition) is 2. The number of methoxy groups -OCH3 is 1. The van der Waals surface area contributed by atoms with Crippen LogP contribution in [0.4, 0.5) is 0 Å². The lowest BCUT2D eigenvalue weighted by molar-refractivity contribution is 0.0944. The van der Waals surface area contributed by atoms with E-state index in [1.165, 1.54) is 0 Å². The lowest BCUT2D eigenvalue weighted by Crippen LogP contribution is -2.22. The molecule has 102 valence electrons. The van der Waals surface area contributed by atoms with Crippen LogP contribution >= 0.6 is 0 Å². The van der Waals surface area contributed by atoms with Crippen molar-refractivity contribution in [3.8, 4) is 5.75 Å². The van der Waals surface area contributed by atoms with Gasteiger partial charge in [0.05, 0.1) is 19.9 Å². The number of furan rings is 1. The summed E-state index contributed by atoms with van der Waals surface area (Å²) in [5.41, 5.74) is 1.36. The summed E-state index contributed by atoms with van der Waals surface area (Å²) in [6.45, 7) is 0.359. The van der Waals surface area contributed by atoms with Gasteiger partial charge in [-0.25, -0.2) is 0 Å². The maximum atomic E-state index is 12.1. The first kappa shape index (κ1) is 12.3. The molecule has 0 bridgehead atoms. The molecule has 0 spiro atoms. The van der Waals surface area contributed by atoms with Crippen molar-refractivity contribution >= 4 is 16.8 Å². The number of nitrogens with one attached hydrogen (secondary N) is 2. The monoisotopic (exact) mass is 270 g/mol. The molecule has 1 aromatic carbocycles. The van der Waals surface area contributed by atoms with Crippen LogP contribution < -0.4 is 10.1 Å².